The highest BCUT2D eigenvalue weighted by Gasteiger charge is 2.31. The second-order valence-corrected chi connectivity index (χ2v) is 7.59. The summed E-state index contributed by atoms with van der Waals surface area (Å²) in [5.74, 6) is -0.890. The standard InChI is InChI=1S/C24H18N4O5/c1-28-11-14(8-19-22(31)21-17(30)9-15(29)10-18(21)33-19)20-16(6-7-26-24(20)28)12-2-4-13(5-3-12)23(25)27-32/h2-11,29-30,32H,1H3,(H2,25,27). The number of nitrogens with two attached hydrogens (primary N) is 1. The molecule has 0 aliphatic carbocycles. The smallest absolute Gasteiger partial charge is 0.235 e. The number of ether oxygens (including phenoxy) is 1. The molecule has 0 saturated carbocycles. The van der Waals surface area contributed by atoms with Crippen molar-refractivity contribution in [3.8, 4) is 28.4 Å². The average Bonchev–Trinajstić information content (AvgIpc) is 3.29. The van der Waals surface area contributed by atoms with Crippen LogP contribution in [0, 0.1) is 0 Å². The lowest BCUT2D eigenvalue weighted by molar-refractivity contribution is 0.101. The number of carbonyl (C=O) groups is 1. The van der Waals surface area contributed by atoms with Crippen molar-refractivity contribution in [2.45, 2.75) is 0 Å². The zero-order valence-corrected chi connectivity index (χ0v) is 17.4. The molecule has 2 aromatic carbocycles. The normalized spacial score (nSPS) is 14.6. The van der Waals surface area contributed by atoms with Crippen molar-refractivity contribution >= 4 is 28.7 Å². The first-order valence-corrected chi connectivity index (χ1v) is 9.90. The topological polar surface area (TPSA) is 143 Å². The second kappa shape index (κ2) is 7.41. The number of amidine groups is 1. The number of aryl methyl sites for hydroxylation is 1. The Morgan fingerprint density at radius 2 is 1.94 bits per heavy atom. The van der Waals surface area contributed by atoms with Gasteiger partial charge in [0.1, 0.15) is 28.5 Å². The van der Waals surface area contributed by atoms with Gasteiger partial charge in [-0.05, 0) is 23.3 Å². The monoisotopic (exact) mass is 442 g/mol. The van der Waals surface area contributed by atoms with Gasteiger partial charge in [0.25, 0.3) is 0 Å². The fraction of sp³-hybridized carbons (Fsp3) is 0.0417. The van der Waals surface area contributed by atoms with Crippen LogP contribution in [-0.4, -0.2) is 36.6 Å². The zero-order chi connectivity index (χ0) is 23.3. The number of Topliss-reactive ketones (excluding diaryl/α,β-unsaturated/α-hetero) is 1. The molecule has 5 N–H and O–H groups in total. The van der Waals surface area contributed by atoms with Crippen LogP contribution in [0.5, 0.6) is 17.2 Å². The van der Waals surface area contributed by atoms with E-state index in [1.165, 1.54) is 6.07 Å². The molecule has 0 radical (unpaired) electrons. The third-order valence-corrected chi connectivity index (χ3v) is 5.51. The van der Waals surface area contributed by atoms with Crippen LogP contribution >= 0.6 is 0 Å². The number of fused-ring (bicyclic) bond motifs is 2. The molecule has 0 fully saturated rings. The number of benzene rings is 2. The first kappa shape index (κ1) is 20.1. The maximum atomic E-state index is 12.9. The molecule has 0 amide bonds. The molecule has 0 saturated heterocycles. The summed E-state index contributed by atoms with van der Waals surface area (Å²) in [4.78, 5) is 17.3. The first-order valence-electron chi connectivity index (χ1n) is 9.90. The second-order valence-electron chi connectivity index (χ2n) is 7.59. The number of aromatic nitrogens is 2. The van der Waals surface area contributed by atoms with E-state index in [1.54, 1.807) is 24.4 Å². The minimum Gasteiger partial charge on any atom is -0.508 e. The Balaban J connectivity index is 1.64. The summed E-state index contributed by atoms with van der Waals surface area (Å²) in [7, 11) is 1.85. The van der Waals surface area contributed by atoms with Gasteiger partial charge in [0.2, 0.25) is 5.78 Å². The van der Waals surface area contributed by atoms with E-state index in [0.717, 1.165) is 22.6 Å². The number of rotatable bonds is 3. The lowest BCUT2D eigenvalue weighted by Crippen LogP contribution is -2.12. The molecule has 0 atom stereocenters. The number of oxime groups is 1. The highest BCUT2D eigenvalue weighted by atomic mass is 16.5. The van der Waals surface area contributed by atoms with Crippen LogP contribution in [0.4, 0.5) is 0 Å². The van der Waals surface area contributed by atoms with Gasteiger partial charge in [-0.15, -0.1) is 0 Å². The number of ketones is 1. The minimum absolute atomic E-state index is 0.0105. The number of pyridine rings is 1. The average molecular weight is 442 g/mol. The van der Waals surface area contributed by atoms with E-state index >= 15 is 0 Å². The van der Waals surface area contributed by atoms with Crippen molar-refractivity contribution in [1.29, 1.82) is 0 Å². The summed E-state index contributed by atoms with van der Waals surface area (Å²) in [5, 5.41) is 32.5. The third-order valence-electron chi connectivity index (χ3n) is 5.51. The van der Waals surface area contributed by atoms with E-state index in [1.807, 2.05) is 36.0 Å². The highest BCUT2D eigenvalue weighted by Crippen LogP contribution is 2.41. The summed E-state index contributed by atoms with van der Waals surface area (Å²) in [5.41, 5.74) is 9.37. The van der Waals surface area contributed by atoms with Crippen LogP contribution in [0.1, 0.15) is 21.5 Å². The zero-order valence-electron chi connectivity index (χ0n) is 17.4. The molecule has 1 aliphatic rings. The predicted molar refractivity (Wildman–Crippen MR) is 121 cm³/mol. The summed E-state index contributed by atoms with van der Waals surface area (Å²) < 4.78 is 7.49. The van der Waals surface area contributed by atoms with Crippen LogP contribution in [-0.2, 0) is 7.05 Å². The Morgan fingerprint density at radius 1 is 1.18 bits per heavy atom. The summed E-state index contributed by atoms with van der Waals surface area (Å²) in [6.07, 6.45) is 5.12. The number of allylic oxidation sites excluding steroid dienone is 1. The Hall–Kier alpha value is -4.79. The molecule has 33 heavy (non-hydrogen) atoms. The Bertz CT molecular complexity index is 1500. The van der Waals surface area contributed by atoms with Crippen LogP contribution in [0.15, 0.2) is 65.8 Å². The molecule has 0 bridgehead atoms. The quantitative estimate of drug-likeness (QED) is 0.125. The fourth-order valence-electron chi connectivity index (χ4n) is 3.98. The lowest BCUT2D eigenvalue weighted by atomic mass is 9.99. The van der Waals surface area contributed by atoms with Gasteiger partial charge in [-0.1, -0.05) is 29.4 Å². The molecule has 5 rings (SSSR count). The first-order chi connectivity index (χ1) is 15.9. The summed E-state index contributed by atoms with van der Waals surface area (Å²) in [6, 6.07) is 11.4. The molecule has 9 heteroatoms. The third kappa shape index (κ3) is 3.23. The molecule has 3 heterocycles. The van der Waals surface area contributed by atoms with Crippen molar-refractivity contribution in [2.24, 2.45) is 17.9 Å². The van der Waals surface area contributed by atoms with Gasteiger partial charge in [-0.3, -0.25) is 4.79 Å². The van der Waals surface area contributed by atoms with Gasteiger partial charge in [-0.2, -0.15) is 0 Å². The number of hydrogen-bond acceptors (Lipinski definition) is 7. The van der Waals surface area contributed by atoms with Gasteiger partial charge in [0.05, 0.1) is 0 Å². The molecule has 0 unspecified atom stereocenters. The fourth-order valence-corrected chi connectivity index (χ4v) is 3.98. The summed E-state index contributed by atoms with van der Waals surface area (Å²) in [6.45, 7) is 0. The van der Waals surface area contributed by atoms with Gasteiger partial charge in [0.15, 0.2) is 11.6 Å². The van der Waals surface area contributed by atoms with E-state index in [-0.39, 0.29) is 34.4 Å². The molecule has 164 valence electrons. The number of nitrogens with zero attached hydrogens (tertiary/aromatic N) is 3. The van der Waals surface area contributed by atoms with Gasteiger partial charge in [-0.25, -0.2) is 4.98 Å². The number of carbonyl (C=O) groups excluding carboxylic acids is 1. The largest absolute Gasteiger partial charge is 0.508 e. The number of phenolic OH excluding ortho intramolecular Hbond substituents is 2. The Morgan fingerprint density at radius 3 is 2.67 bits per heavy atom. The van der Waals surface area contributed by atoms with E-state index in [2.05, 4.69) is 10.1 Å². The Kier molecular flexibility index (Phi) is 4.52. The van der Waals surface area contributed by atoms with Crippen LogP contribution in [0.3, 0.4) is 0 Å². The highest BCUT2D eigenvalue weighted by molar-refractivity contribution is 6.17. The van der Waals surface area contributed by atoms with Gasteiger partial charge in [0, 0.05) is 48.1 Å². The van der Waals surface area contributed by atoms with Crippen molar-refractivity contribution in [1.82, 2.24) is 9.55 Å². The van der Waals surface area contributed by atoms with E-state index in [9.17, 15) is 15.0 Å². The van der Waals surface area contributed by atoms with Crippen molar-refractivity contribution < 1.29 is 25.0 Å². The van der Waals surface area contributed by atoms with Crippen molar-refractivity contribution in [3.05, 3.63) is 77.3 Å². The molecular formula is C24H18N4O5. The molecule has 9 nitrogen and oxygen atoms in total. The molecule has 4 aromatic rings. The van der Waals surface area contributed by atoms with Gasteiger partial charge >= 0.3 is 0 Å². The number of aromatic hydroxyl groups is 2. The van der Waals surface area contributed by atoms with Crippen LogP contribution in [0.2, 0.25) is 0 Å². The maximum absolute atomic E-state index is 12.9. The minimum atomic E-state index is -0.479. The summed E-state index contributed by atoms with van der Waals surface area (Å²) >= 11 is 0. The SMILES string of the molecule is Cn1cc(C=C2Oc3cc(O)cc(O)c3C2=O)c2c(-c3ccc(C(N)=NO)cc3)ccnc21. The lowest BCUT2D eigenvalue weighted by Gasteiger charge is -2.07. The van der Waals surface area contributed by atoms with Crippen LogP contribution < -0.4 is 10.5 Å². The Labute approximate surface area is 187 Å². The van der Waals surface area contributed by atoms with E-state index in [0.29, 0.717) is 16.8 Å². The van der Waals surface area contributed by atoms with Gasteiger partial charge < -0.3 is 30.5 Å². The molecular weight excluding hydrogens is 424 g/mol. The van der Waals surface area contributed by atoms with E-state index in [4.69, 9.17) is 15.7 Å². The molecule has 2 aromatic heterocycles. The maximum Gasteiger partial charge on any atom is 0.235 e. The molecule has 1 aliphatic heterocycles. The van der Waals surface area contributed by atoms with Crippen LogP contribution in [0.25, 0.3) is 28.2 Å². The number of hydrogen-bond donors (Lipinski definition) is 4. The van der Waals surface area contributed by atoms with Crippen molar-refractivity contribution in [3.63, 3.8) is 0 Å². The predicted octanol–water partition coefficient (Wildman–Crippen LogP) is 3.36. The molecule has 0 spiro atoms. The van der Waals surface area contributed by atoms with E-state index < -0.39 is 5.78 Å². The van der Waals surface area contributed by atoms with Crippen molar-refractivity contribution in [2.75, 3.05) is 0 Å². The number of phenols is 2.